The van der Waals surface area contributed by atoms with Crippen molar-refractivity contribution >= 4 is 43.6 Å². The predicted molar refractivity (Wildman–Crippen MR) is 106 cm³/mol. The van der Waals surface area contributed by atoms with Crippen LogP contribution in [0.4, 0.5) is 0 Å². The first kappa shape index (κ1) is 16.8. The van der Waals surface area contributed by atoms with Gasteiger partial charge in [-0.2, -0.15) is 0 Å². The number of aliphatic hydroxyl groups excluding tert-OH is 1. The fourth-order valence-electron chi connectivity index (χ4n) is 3.36. The van der Waals surface area contributed by atoms with Crippen LogP contribution in [0.15, 0.2) is 59.1 Å². The lowest BCUT2D eigenvalue weighted by atomic mass is 10.0. The lowest BCUT2D eigenvalue weighted by Gasteiger charge is -2.10. The summed E-state index contributed by atoms with van der Waals surface area (Å²) in [4.78, 5) is 12.0. The monoisotopic (exact) mass is 407 g/mol. The highest BCUT2D eigenvalue weighted by molar-refractivity contribution is 9.10. The molecule has 0 saturated heterocycles. The summed E-state index contributed by atoms with van der Waals surface area (Å²) in [7, 11) is 0. The fraction of sp³-hybridized carbons (Fsp3) is 0.0952. The number of aliphatic hydroxyl groups is 1. The molecule has 26 heavy (non-hydrogen) atoms. The van der Waals surface area contributed by atoms with Crippen LogP contribution >= 0.6 is 15.9 Å². The minimum atomic E-state index is -0.463. The summed E-state index contributed by atoms with van der Waals surface area (Å²) in [5, 5.41) is 11.2. The van der Waals surface area contributed by atoms with E-state index in [1.807, 2.05) is 36.4 Å². The van der Waals surface area contributed by atoms with E-state index in [1.54, 1.807) is 12.1 Å². The highest BCUT2D eigenvalue weighted by Gasteiger charge is 2.17. The maximum absolute atomic E-state index is 12.0. The number of rotatable bonds is 4. The van der Waals surface area contributed by atoms with Crippen LogP contribution in [-0.4, -0.2) is 15.6 Å². The van der Waals surface area contributed by atoms with Crippen molar-refractivity contribution < 1.29 is 9.90 Å². The van der Waals surface area contributed by atoms with E-state index in [0.717, 1.165) is 37.4 Å². The summed E-state index contributed by atoms with van der Waals surface area (Å²) >= 11 is 3.60. The fourth-order valence-corrected chi connectivity index (χ4v) is 3.77. The van der Waals surface area contributed by atoms with Crippen molar-refractivity contribution in [3.8, 4) is 0 Å². The Morgan fingerprint density at radius 2 is 1.96 bits per heavy atom. The average molecular weight is 408 g/mol. The molecule has 1 amide bonds. The predicted octanol–water partition coefficient (Wildman–Crippen LogP) is 4.00. The number of carbonyl (C=O) groups is 1. The van der Waals surface area contributed by atoms with E-state index >= 15 is 0 Å². The van der Waals surface area contributed by atoms with E-state index in [0.29, 0.717) is 12.1 Å². The van der Waals surface area contributed by atoms with E-state index in [9.17, 15) is 9.90 Å². The molecule has 129 valence electrons. The Morgan fingerprint density at radius 3 is 2.69 bits per heavy atom. The molecule has 4 rings (SSSR count). The van der Waals surface area contributed by atoms with Gasteiger partial charge in [-0.3, -0.25) is 4.79 Å². The smallest absolute Gasteiger partial charge is 0.249 e. The third-order valence-corrected chi connectivity index (χ3v) is 5.36. The molecule has 0 spiro atoms. The van der Waals surface area contributed by atoms with Crippen molar-refractivity contribution in [1.82, 2.24) is 4.57 Å². The summed E-state index contributed by atoms with van der Waals surface area (Å²) in [5.41, 5.74) is 9.80. The summed E-state index contributed by atoms with van der Waals surface area (Å²) in [5.74, 6) is -0.463. The van der Waals surface area contributed by atoms with Gasteiger partial charge in [-0.1, -0.05) is 40.2 Å². The molecule has 3 aromatic carbocycles. The number of carbonyl (C=O) groups excluding carboxylic acids is 1. The first-order valence-electron chi connectivity index (χ1n) is 8.19. The van der Waals surface area contributed by atoms with Crippen LogP contribution in [0.5, 0.6) is 0 Å². The van der Waals surface area contributed by atoms with Gasteiger partial charge in [0.25, 0.3) is 0 Å². The van der Waals surface area contributed by atoms with Crippen molar-refractivity contribution in [1.29, 1.82) is 0 Å². The Kier molecular flexibility index (Phi) is 4.26. The molecule has 4 aromatic rings. The lowest BCUT2D eigenvalue weighted by Crippen LogP contribution is -2.11. The number of nitrogens with zero attached hydrogens (tertiary/aromatic N) is 1. The van der Waals surface area contributed by atoms with E-state index in [-0.39, 0.29) is 6.61 Å². The number of amides is 1. The van der Waals surface area contributed by atoms with Crippen LogP contribution < -0.4 is 5.73 Å². The van der Waals surface area contributed by atoms with Crippen molar-refractivity contribution in [2.45, 2.75) is 13.2 Å². The van der Waals surface area contributed by atoms with Crippen LogP contribution in [0.2, 0.25) is 0 Å². The molecule has 0 aliphatic rings. The highest BCUT2D eigenvalue weighted by Crippen LogP contribution is 2.33. The second-order valence-corrected chi connectivity index (χ2v) is 7.02. The number of primary amides is 1. The van der Waals surface area contributed by atoms with Crippen molar-refractivity contribution in [3.05, 3.63) is 81.8 Å². The van der Waals surface area contributed by atoms with E-state index < -0.39 is 5.91 Å². The molecule has 1 aromatic heterocycles. The number of halogens is 1. The van der Waals surface area contributed by atoms with Gasteiger partial charge in [0.1, 0.15) is 0 Å². The van der Waals surface area contributed by atoms with E-state index in [2.05, 4.69) is 32.6 Å². The van der Waals surface area contributed by atoms with Gasteiger partial charge in [0.15, 0.2) is 0 Å². The van der Waals surface area contributed by atoms with Gasteiger partial charge in [-0.25, -0.2) is 0 Å². The number of nitrogens with two attached hydrogens (primary N) is 1. The minimum Gasteiger partial charge on any atom is -0.392 e. The van der Waals surface area contributed by atoms with Gasteiger partial charge in [-0.15, -0.1) is 0 Å². The quantitative estimate of drug-likeness (QED) is 0.536. The molecule has 0 atom stereocenters. The van der Waals surface area contributed by atoms with Gasteiger partial charge in [-0.05, 0) is 47.5 Å². The van der Waals surface area contributed by atoms with Crippen molar-refractivity contribution in [2.24, 2.45) is 5.73 Å². The standard InChI is InChI=1S/C21H16BrN2O2/c22-17-6-2-1-4-14(17)11-24-18-7-3-5-16(21(23)26)20(18)15-9-8-13(12-25)10-19(15)24/h1-8,10,25H,11-12H2,(H2,23,26). The number of benzene rings is 3. The molecule has 5 heteroatoms. The topological polar surface area (TPSA) is 68.2 Å². The third-order valence-electron chi connectivity index (χ3n) is 4.59. The third kappa shape index (κ3) is 2.69. The summed E-state index contributed by atoms with van der Waals surface area (Å²) < 4.78 is 3.15. The van der Waals surface area contributed by atoms with Crippen molar-refractivity contribution in [3.63, 3.8) is 0 Å². The second kappa shape index (κ2) is 6.59. The highest BCUT2D eigenvalue weighted by atomic mass is 79.9. The van der Waals surface area contributed by atoms with E-state index in [4.69, 9.17) is 5.73 Å². The SMILES string of the molecule is NC(=O)c1cccc2c1c1[c]cc(CO)cc1n2Cc1ccccc1Br. The molecule has 0 saturated carbocycles. The largest absolute Gasteiger partial charge is 0.392 e. The Labute approximate surface area is 159 Å². The summed E-state index contributed by atoms with van der Waals surface area (Å²) in [6.07, 6.45) is 0. The maximum atomic E-state index is 12.0. The first-order chi connectivity index (χ1) is 12.6. The molecule has 0 unspecified atom stereocenters. The molecule has 0 bridgehead atoms. The number of hydrogen-bond acceptors (Lipinski definition) is 2. The molecule has 3 N–H and O–H groups in total. The van der Waals surface area contributed by atoms with Gasteiger partial charge in [0.05, 0.1) is 17.6 Å². The van der Waals surface area contributed by atoms with E-state index in [1.165, 1.54) is 0 Å². The Hall–Kier alpha value is -2.63. The van der Waals surface area contributed by atoms with Crippen LogP contribution in [0.3, 0.4) is 0 Å². The van der Waals surface area contributed by atoms with Gasteiger partial charge >= 0.3 is 0 Å². The summed E-state index contributed by atoms with van der Waals surface area (Å²) in [6.45, 7) is 0.554. The number of aromatic nitrogens is 1. The van der Waals surface area contributed by atoms with Crippen LogP contribution in [-0.2, 0) is 13.2 Å². The van der Waals surface area contributed by atoms with Gasteiger partial charge < -0.3 is 15.4 Å². The molecule has 0 aliphatic carbocycles. The number of hydrogen-bond donors (Lipinski definition) is 2. The molecular formula is C21H16BrN2O2. The Morgan fingerprint density at radius 1 is 1.15 bits per heavy atom. The normalized spacial score (nSPS) is 11.3. The lowest BCUT2D eigenvalue weighted by molar-refractivity contribution is 0.100. The Balaban J connectivity index is 2.07. The van der Waals surface area contributed by atoms with Crippen LogP contribution in [0, 0.1) is 6.07 Å². The maximum Gasteiger partial charge on any atom is 0.249 e. The molecule has 0 fully saturated rings. The van der Waals surface area contributed by atoms with Crippen LogP contribution in [0.25, 0.3) is 21.8 Å². The Bertz CT molecular complexity index is 1150. The summed E-state index contributed by atoms with van der Waals surface area (Å²) in [6, 6.07) is 20.5. The molecular weight excluding hydrogens is 392 g/mol. The van der Waals surface area contributed by atoms with Crippen LogP contribution in [0.1, 0.15) is 21.5 Å². The molecule has 0 aliphatic heterocycles. The molecule has 1 heterocycles. The zero-order valence-corrected chi connectivity index (χ0v) is 15.5. The zero-order chi connectivity index (χ0) is 18.3. The molecule has 1 radical (unpaired) electrons. The van der Waals surface area contributed by atoms with Crippen molar-refractivity contribution in [2.75, 3.05) is 0 Å². The number of fused-ring (bicyclic) bond motifs is 3. The average Bonchev–Trinajstić information content (AvgIpc) is 2.96. The zero-order valence-electron chi connectivity index (χ0n) is 13.9. The first-order valence-corrected chi connectivity index (χ1v) is 8.99. The second-order valence-electron chi connectivity index (χ2n) is 6.17. The van der Waals surface area contributed by atoms with Gasteiger partial charge in [0.2, 0.25) is 5.91 Å². The minimum absolute atomic E-state index is 0.0638. The van der Waals surface area contributed by atoms with Gasteiger partial charge in [0, 0.05) is 27.4 Å². The molecule has 4 nitrogen and oxygen atoms in total.